The molecule has 0 radical (unpaired) electrons. The van der Waals surface area contributed by atoms with Crippen molar-refractivity contribution in [1.82, 2.24) is 10.2 Å². The van der Waals surface area contributed by atoms with E-state index >= 15 is 0 Å². The number of nitrogens with two attached hydrogens (primary N) is 1. The Morgan fingerprint density at radius 3 is 2.88 bits per heavy atom. The highest BCUT2D eigenvalue weighted by molar-refractivity contribution is 4.94. The van der Waals surface area contributed by atoms with Gasteiger partial charge in [-0.3, -0.25) is 0 Å². The molecule has 1 rings (SSSR count). The molecule has 0 saturated carbocycles. The summed E-state index contributed by atoms with van der Waals surface area (Å²) in [7, 11) is 0. The molecule has 1 aliphatic rings. The van der Waals surface area contributed by atoms with Crippen LogP contribution >= 0.6 is 0 Å². The van der Waals surface area contributed by atoms with E-state index in [1.807, 2.05) is 12.3 Å². The molecule has 3 heteroatoms. The molecule has 1 unspecified atom stereocenters. The third-order valence-electron chi connectivity index (χ3n) is 2.98. The van der Waals surface area contributed by atoms with Crippen LogP contribution in [0.25, 0.3) is 0 Å². The lowest BCUT2D eigenvalue weighted by atomic mass is 10.1. The Hall–Kier alpha value is -0.960. The quantitative estimate of drug-likeness (QED) is 0.465. The van der Waals surface area contributed by atoms with Gasteiger partial charge in [0.1, 0.15) is 0 Å². The van der Waals surface area contributed by atoms with Gasteiger partial charge in [-0.1, -0.05) is 18.9 Å². The van der Waals surface area contributed by atoms with E-state index in [1.54, 1.807) is 0 Å². The van der Waals surface area contributed by atoms with Crippen LogP contribution in [0.4, 0.5) is 0 Å². The van der Waals surface area contributed by atoms with Crippen LogP contribution in [0.1, 0.15) is 38.5 Å². The fourth-order valence-corrected chi connectivity index (χ4v) is 2.06. The number of allylic oxidation sites excluding steroid dienone is 1. The summed E-state index contributed by atoms with van der Waals surface area (Å²) in [5.41, 5.74) is 5.57. The van der Waals surface area contributed by atoms with Crippen LogP contribution in [-0.2, 0) is 0 Å². The van der Waals surface area contributed by atoms with Gasteiger partial charge in [0.2, 0.25) is 0 Å². The molecule has 0 spiro atoms. The number of nitrogens with zero attached hydrogens (tertiary/aromatic N) is 1. The zero-order valence-electron chi connectivity index (χ0n) is 10.2. The smallest absolute Gasteiger partial charge is 0.0981 e. The molecule has 0 bridgehead atoms. The standard InChI is InChI=1S/C13H25N3/c1-2-3-4-5-6-7-8-13-15-10-12-16(13)11-9-14/h2,10,12-13,15H,1,3-9,11,14H2. The molecule has 1 aliphatic heterocycles. The summed E-state index contributed by atoms with van der Waals surface area (Å²) >= 11 is 0. The van der Waals surface area contributed by atoms with E-state index in [0.29, 0.717) is 6.17 Å². The molecule has 0 aromatic carbocycles. The largest absolute Gasteiger partial charge is 0.370 e. The first-order valence-corrected chi connectivity index (χ1v) is 6.38. The molecule has 3 N–H and O–H groups in total. The van der Waals surface area contributed by atoms with Gasteiger partial charge in [0.15, 0.2) is 0 Å². The van der Waals surface area contributed by atoms with Crippen molar-refractivity contribution >= 4 is 0 Å². The Balaban J connectivity index is 2.02. The highest BCUT2D eigenvalue weighted by Crippen LogP contribution is 2.13. The number of rotatable bonds is 9. The van der Waals surface area contributed by atoms with Gasteiger partial charge in [0.25, 0.3) is 0 Å². The number of unbranched alkanes of at least 4 members (excludes halogenated alkanes) is 4. The van der Waals surface area contributed by atoms with E-state index in [9.17, 15) is 0 Å². The zero-order valence-corrected chi connectivity index (χ0v) is 10.2. The molecule has 0 fully saturated rings. The summed E-state index contributed by atoms with van der Waals surface area (Å²) in [4.78, 5) is 2.30. The lowest BCUT2D eigenvalue weighted by Crippen LogP contribution is -2.37. The monoisotopic (exact) mass is 223 g/mol. The fraction of sp³-hybridized carbons (Fsp3) is 0.692. The summed E-state index contributed by atoms with van der Waals surface area (Å²) in [6.07, 6.45) is 14.2. The van der Waals surface area contributed by atoms with E-state index in [-0.39, 0.29) is 0 Å². The van der Waals surface area contributed by atoms with Crippen molar-refractivity contribution in [2.24, 2.45) is 5.73 Å². The lowest BCUT2D eigenvalue weighted by Gasteiger charge is -2.24. The van der Waals surface area contributed by atoms with Crippen LogP contribution < -0.4 is 11.1 Å². The zero-order chi connectivity index (χ0) is 11.6. The van der Waals surface area contributed by atoms with Gasteiger partial charge in [-0.05, 0) is 25.7 Å². The van der Waals surface area contributed by atoms with Gasteiger partial charge in [-0.2, -0.15) is 0 Å². The molecule has 0 aromatic heterocycles. The Kier molecular flexibility index (Phi) is 6.74. The Morgan fingerprint density at radius 2 is 2.12 bits per heavy atom. The van der Waals surface area contributed by atoms with E-state index in [4.69, 9.17) is 5.73 Å². The van der Waals surface area contributed by atoms with Gasteiger partial charge in [-0.15, -0.1) is 6.58 Å². The Morgan fingerprint density at radius 1 is 1.31 bits per heavy atom. The first-order chi connectivity index (χ1) is 7.88. The number of hydrogen-bond donors (Lipinski definition) is 2. The SMILES string of the molecule is C=CCCCCCCC1NC=CN1CCN. The van der Waals surface area contributed by atoms with E-state index in [2.05, 4.69) is 23.0 Å². The molecule has 3 nitrogen and oxygen atoms in total. The Labute approximate surface area is 99.4 Å². The second-order valence-electron chi connectivity index (χ2n) is 4.30. The molecule has 1 atom stereocenters. The summed E-state index contributed by atoms with van der Waals surface area (Å²) in [6, 6.07) is 0. The van der Waals surface area contributed by atoms with Gasteiger partial charge in [0, 0.05) is 25.5 Å². The maximum atomic E-state index is 5.57. The van der Waals surface area contributed by atoms with E-state index in [0.717, 1.165) is 19.5 Å². The van der Waals surface area contributed by atoms with Crippen LogP contribution in [0.2, 0.25) is 0 Å². The van der Waals surface area contributed by atoms with Gasteiger partial charge in [0.05, 0.1) is 6.17 Å². The third-order valence-corrected chi connectivity index (χ3v) is 2.98. The minimum absolute atomic E-state index is 0.475. The van der Waals surface area contributed by atoms with Crippen molar-refractivity contribution in [1.29, 1.82) is 0 Å². The average Bonchev–Trinajstić information content (AvgIpc) is 2.72. The minimum atomic E-state index is 0.475. The van der Waals surface area contributed by atoms with Crippen LogP contribution in [0, 0.1) is 0 Å². The fourth-order valence-electron chi connectivity index (χ4n) is 2.06. The van der Waals surface area contributed by atoms with Gasteiger partial charge in [-0.25, -0.2) is 0 Å². The predicted molar refractivity (Wildman–Crippen MR) is 69.7 cm³/mol. The highest BCUT2D eigenvalue weighted by atomic mass is 15.3. The van der Waals surface area contributed by atoms with E-state index < -0.39 is 0 Å². The highest BCUT2D eigenvalue weighted by Gasteiger charge is 2.16. The van der Waals surface area contributed by atoms with Crippen LogP contribution in [0.5, 0.6) is 0 Å². The number of hydrogen-bond acceptors (Lipinski definition) is 3. The van der Waals surface area contributed by atoms with Crippen molar-refractivity contribution in [3.63, 3.8) is 0 Å². The van der Waals surface area contributed by atoms with Gasteiger partial charge < -0.3 is 16.0 Å². The maximum Gasteiger partial charge on any atom is 0.0981 e. The van der Waals surface area contributed by atoms with Crippen LogP contribution in [0.3, 0.4) is 0 Å². The number of nitrogens with one attached hydrogen (secondary N) is 1. The minimum Gasteiger partial charge on any atom is -0.370 e. The molecule has 16 heavy (non-hydrogen) atoms. The average molecular weight is 223 g/mol. The lowest BCUT2D eigenvalue weighted by molar-refractivity contribution is 0.264. The molecule has 0 aromatic rings. The summed E-state index contributed by atoms with van der Waals surface area (Å²) in [5, 5.41) is 3.37. The van der Waals surface area contributed by atoms with Crippen LogP contribution in [0.15, 0.2) is 25.1 Å². The van der Waals surface area contributed by atoms with E-state index in [1.165, 1.54) is 32.1 Å². The van der Waals surface area contributed by atoms with Crippen molar-refractivity contribution in [3.05, 3.63) is 25.1 Å². The molecule has 1 heterocycles. The van der Waals surface area contributed by atoms with Crippen LogP contribution in [-0.4, -0.2) is 24.2 Å². The first kappa shape index (κ1) is 13.1. The topological polar surface area (TPSA) is 41.3 Å². The molecule has 0 aliphatic carbocycles. The second kappa shape index (κ2) is 8.22. The third kappa shape index (κ3) is 4.71. The predicted octanol–water partition coefficient (Wildman–Crippen LogP) is 2.17. The first-order valence-electron chi connectivity index (χ1n) is 6.38. The van der Waals surface area contributed by atoms with Gasteiger partial charge >= 0.3 is 0 Å². The van der Waals surface area contributed by atoms with Crippen molar-refractivity contribution in [2.45, 2.75) is 44.7 Å². The van der Waals surface area contributed by atoms with Crippen molar-refractivity contribution < 1.29 is 0 Å². The second-order valence-corrected chi connectivity index (χ2v) is 4.30. The summed E-state index contributed by atoms with van der Waals surface area (Å²) < 4.78 is 0. The normalized spacial score (nSPS) is 18.8. The summed E-state index contributed by atoms with van der Waals surface area (Å²) in [6.45, 7) is 5.41. The van der Waals surface area contributed by atoms with Crippen molar-refractivity contribution in [2.75, 3.05) is 13.1 Å². The molecular weight excluding hydrogens is 198 g/mol. The maximum absolute atomic E-state index is 5.57. The molecule has 92 valence electrons. The molecule has 0 amide bonds. The summed E-state index contributed by atoms with van der Waals surface area (Å²) in [5.74, 6) is 0. The molecule has 0 saturated heterocycles. The van der Waals surface area contributed by atoms with Crippen molar-refractivity contribution in [3.8, 4) is 0 Å². The molecular formula is C13H25N3. The Bertz CT molecular complexity index is 213.